The highest BCUT2D eigenvalue weighted by atomic mass is 16.6. The van der Waals surface area contributed by atoms with Gasteiger partial charge in [-0.05, 0) is 39.2 Å². The lowest BCUT2D eigenvalue weighted by Crippen LogP contribution is -2.34. The van der Waals surface area contributed by atoms with Crippen LogP contribution in [0, 0.1) is 11.8 Å². The first-order valence-corrected chi connectivity index (χ1v) is 7.23. The quantitative estimate of drug-likeness (QED) is 0.622. The number of methoxy groups -OCH3 is 1. The molecule has 0 spiro atoms. The second-order valence-electron chi connectivity index (χ2n) is 5.91. The molecule has 4 unspecified atom stereocenters. The monoisotopic (exact) mass is 280 g/mol. The third-order valence-electron chi connectivity index (χ3n) is 4.20. The van der Waals surface area contributed by atoms with Crippen LogP contribution in [-0.2, 0) is 14.3 Å². The Kier molecular flexibility index (Phi) is 5.00. The Morgan fingerprint density at radius 1 is 1.40 bits per heavy atom. The molecule has 1 N–H and O–H groups in total. The lowest BCUT2D eigenvalue weighted by molar-refractivity contribution is -0.144. The molecule has 112 valence electrons. The highest BCUT2D eigenvalue weighted by Gasteiger charge is 2.47. The van der Waals surface area contributed by atoms with Crippen LogP contribution in [0.4, 0.5) is 0 Å². The summed E-state index contributed by atoms with van der Waals surface area (Å²) in [5.41, 5.74) is 2.37. The summed E-state index contributed by atoms with van der Waals surface area (Å²) in [7, 11) is 1.57. The van der Waals surface area contributed by atoms with Crippen LogP contribution in [0.2, 0.25) is 0 Å². The normalized spacial score (nSPS) is 40.1. The number of fused-ring (bicyclic) bond motifs is 1. The van der Waals surface area contributed by atoms with E-state index in [-0.39, 0.29) is 23.9 Å². The van der Waals surface area contributed by atoms with Crippen LogP contribution in [0.5, 0.6) is 0 Å². The van der Waals surface area contributed by atoms with Crippen LogP contribution < -0.4 is 0 Å². The van der Waals surface area contributed by atoms with E-state index < -0.39 is 6.10 Å². The molecule has 1 heterocycles. The molecule has 0 saturated carbocycles. The molecule has 0 aromatic carbocycles. The molecule has 20 heavy (non-hydrogen) atoms. The van der Waals surface area contributed by atoms with E-state index in [1.54, 1.807) is 7.11 Å². The Hall–Kier alpha value is -1.13. The SMILES string of the molecule is COCC1C(=O)OC2/C=C(\C)CC/C=C(\C)CC(O)C21. The minimum atomic E-state index is -0.579. The third-order valence-corrected chi connectivity index (χ3v) is 4.20. The van der Waals surface area contributed by atoms with Crippen molar-refractivity contribution in [1.82, 2.24) is 0 Å². The molecule has 4 atom stereocenters. The van der Waals surface area contributed by atoms with E-state index >= 15 is 0 Å². The van der Waals surface area contributed by atoms with Crippen molar-refractivity contribution in [3.8, 4) is 0 Å². The number of carbonyl (C=O) groups is 1. The van der Waals surface area contributed by atoms with E-state index in [1.807, 2.05) is 19.9 Å². The van der Waals surface area contributed by atoms with Crippen molar-refractivity contribution in [2.24, 2.45) is 11.8 Å². The fourth-order valence-electron chi connectivity index (χ4n) is 3.14. The molecule has 0 bridgehead atoms. The number of aliphatic hydroxyl groups is 1. The molecule has 4 heteroatoms. The van der Waals surface area contributed by atoms with E-state index in [4.69, 9.17) is 9.47 Å². The summed E-state index contributed by atoms with van der Waals surface area (Å²) in [5.74, 6) is -0.860. The number of ether oxygens (including phenoxy) is 2. The molecule has 0 aromatic rings. The molecule has 0 radical (unpaired) electrons. The van der Waals surface area contributed by atoms with Crippen LogP contribution in [0.1, 0.15) is 33.1 Å². The maximum absolute atomic E-state index is 12.0. The highest BCUT2D eigenvalue weighted by molar-refractivity contribution is 5.76. The van der Waals surface area contributed by atoms with Gasteiger partial charge >= 0.3 is 5.97 Å². The zero-order valence-electron chi connectivity index (χ0n) is 12.5. The second-order valence-corrected chi connectivity index (χ2v) is 5.91. The zero-order chi connectivity index (χ0) is 14.7. The van der Waals surface area contributed by atoms with Gasteiger partial charge in [0, 0.05) is 13.0 Å². The lowest BCUT2D eigenvalue weighted by atomic mass is 9.82. The first-order chi connectivity index (χ1) is 9.52. The Morgan fingerprint density at radius 2 is 2.15 bits per heavy atom. The number of hydrogen-bond acceptors (Lipinski definition) is 4. The summed E-state index contributed by atoms with van der Waals surface area (Å²) < 4.78 is 10.6. The van der Waals surface area contributed by atoms with Crippen LogP contribution in [0.3, 0.4) is 0 Å². The number of allylic oxidation sites excluding steroid dienone is 2. The van der Waals surface area contributed by atoms with Crippen molar-refractivity contribution in [3.63, 3.8) is 0 Å². The van der Waals surface area contributed by atoms with Crippen molar-refractivity contribution in [2.45, 2.75) is 45.3 Å². The van der Waals surface area contributed by atoms with E-state index in [9.17, 15) is 9.90 Å². The Labute approximate surface area is 120 Å². The molecule has 0 aromatic heterocycles. The minimum Gasteiger partial charge on any atom is -0.457 e. The molecule has 2 rings (SSSR count). The van der Waals surface area contributed by atoms with Crippen molar-refractivity contribution < 1.29 is 19.4 Å². The summed E-state index contributed by atoms with van der Waals surface area (Å²) >= 11 is 0. The van der Waals surface area contributed by atoms with Gasteiger partial charge in [0.05, 0.1) is 18.6 Å². The standard InChI is InChI=1S/C16H24O4/c1-10-5-4-6-11(2)8-14-15(13(17)7-10)12(9-19-3)16(18)20-14/h5,8,12-15,17H,4,6-7,9H2,1-3H3/b10-5+,11-8+. The van der Waals surface area contributed by atoms with E-state index in [0.29, 0.717) is 13.0 Å². The largest absolute Gasteiger partial charge is 0.457 e. The van der Waals surface area contributed by atoms with Gasteiger partial charge in [-0.1, -0.05) is 17.2 Å². The maximum atomic E-state index is 12.0. The zero-order valence-corrected chi connectivity index (χ0v) is 12.5. The van der Waals surface area contributed by atoms with Crippen LogP contribution >= 0.6 is 0 Å². The van der Waals surface area contributed by atoms with E-state index in [1.165, 1.54) is 11.1 Å². The number of rotatable bonds is 2. The maximum Gasteiger partial charge on any atom is 0.312 e. The van der Waals surface area contributed by atoms with Gasteiger partial charge in [0.2, 0.25) is 0 Å². The van der Waals surface area contributed by atoms with E-state index in [0.717, 1.165) is 12.8 Å². The summed E-state index contributed by atoms with van der Waals surface area (Å²) in [6.07, 6.45) is 5.77. The predicted octanol–water partition coefficient (Wildman–Crippen LogP) is 2.23. The molecular formula is C16H24O4. The second kappa shape index (κ2) is 6.55. The van der Waals surface area contributed by atoms with Gasteiger partial charge in [-0.2, -0.15) is 0 Å². The average molecular weight is 280 g/mol. The predicted molar refractivity (Wildman–Crippen MR) is 76.1 cm³/mol. The molecule has 1 aliphatic carbocycles. The number of aliphatic hydroxyl groups excluding tert-OH is 1. The number of hydrogen-bond donors (Lipinski definition) is 1. The number of esters is 1. The van der Waals surface area contributed by atoms with Gasteiger partial charge in [-0.15, -0.1) is 0 Å². The molecule has 0 amide bonds. The van der Waals surface area contributed by atoms with E-state index in [2.05, 4.69) is 6.08 Å². The summed E-state index contributed by atoms with van der Waals surface area (Å²) in [5, 5.41) is 10.5. The Bertz CT molecular complexity index is 424. The van der Waals surface area contributed by atoms with Crippen LogP contribution in [0.25, 0.3) is 0 Å². The minimum absolute atomic E-state index is 0.223. The van der Waals surface area contributed by atoms with Gasteiger partial charge in [0.25, 0.3) is 0 Å². The third kappa shape index (κ3) is 3.30. The average Bonchev–Trinajstić information content (AvgIpc) is 2.65. The highest BCUT2D eigenvalue weighted by Crippen LogP contribution is 2.36. The molecular weight excluding hydrogens is 256 g/mol. The van der Waals surface area contributed by atoms with Gasteiger partial charge in [0.15, 0.2) is 0 Å². The van der Waals surface area contributed by atoms with Crippen molar-refractivity contribution in [2.75, 3.05) is 13.7 Å². The Balaban J connectivity index is 2.30. The van der Waals surface area contributed by atoms with Crippen molar-refractivity contribution in [3.05, 3.63) is 23.3 Å². The Morgan fingerprint density at radius 3 is 2.85 bits per heavy atom. The fraction of sp³-hybridized carbons (Fsp3) is 0.688. The van der Waals surface area contributed by atoms with Crippen molar-refractivity contribution in [1.29, 1.82) is 0 Å². The first kappa shape index (κ1) is 15.3. The summed E-state index contributed by atoms with van der Waals surface area (Å²) in [6.45, 7) is 4.38. The summed E-state index contributed by atoms with van der Waals surface area (Å²) in [6, 6.07) is 0. The molecule has 1 aliphatic heterocycles. The first-order valence-electron chi connectivity index (χ1n) is 7.23. The molecule has 1 saturated heterocycles. The topological polar surface area (TPSA) is 55.8 Å². The van der Waals surface area contributed by atoms with Gasteiger partial charge in [0.1, 0.15) is 6.10 Å². The van der Waals surface area contributed by atoms with Gasteiger partial charge < -0.3 is 14.6 Å². The summed E-state index contributed by atoms with van der Waals surface area (Å²) in [4.78, 5) is 12.0. The smallest absolute Gasteiger partial charge is 0.312 e. The van der Waals surface area contributed by atoms with Crippen LogP contribution in [0.15, 0.2) is 23.3 Å². The van der Waals surface area contributed by atoms with Crippen molar-refractivity contribution >= 4 is 5.97 Å². The number of carbonyl (C=O) groups excluding carboxylic acids is 1. The van der Waals surface area contributed by atoms with Gasteiger partial charge in [-0.3, -0.25) is 4.79 Å². The van der Waals surface area contributed by atoms with Crippen LogP contribution in [-0.4, -0.2) is 37.0 Å². The molecule has 4 nitrogen and oxygen atoms in total. The van der Waals surface area contributed by atoms with Gasteiger partial charge in [-0.25, -0.2) is 0 Å². The fourth-order valence-corrected chi connectivity index (χ4v) is 3.14. The molecule has 1 fully saturated rings. The lowest BCUT2D eigenvalue weighted by Gasteiger charge is -2.25. The molecule has 2 aliphatic rings.